The van der Waals surface area contributed by atoms with Gasteiger partial charge in [-0.25, -0.2) is 0 Å². The van der Waals surface area contributed by atoms with Crippen molar-refractivity contribution in [1.82, 2.24) is 10.3 Å². The molecule has 23 heavy (non-hydrogen) atoms. The Bertz CT molecular complexity index is 641. The fourth-order valence-corrected chi connectivity index (χ4v) is 3.54. The van der Waals surface area contributed by atoms with Crippen LogP contribution in [0.2, 0.25) is 0 Å². The zero-order chi connectivity index (χ0) is 16.1. The summed E-state index contributed by atoms with van der Waals surface area (Å²) in [6, 6.07) is 7.94. The summed E-state index contributed by atoms with van der Waals surface area (Å²) in [6.45, 7) is 0. The van der Waals surface area contributed by atoms with Crippen molar-refractivity contribution >= 4 is 16.8 Å². The van der Waals surface area contributed by atoms with E-state index >= 15 is 0 Å². The first-order valence-electron chi connectivity index (χ1n) is 8.85. The van der Waals surface area contributed by atoms with E-state index in [1.54, 1.807) is 0 Å². The monoisotopic (exact) mass is 313 g/mol. The minimum atomic E-state index is -0.486. The van der Waals surface area contributed by atoms with Crippen molar-refractivity contribution in [1.29, 1.82) is 0 Å². The molecule has 1 heterocycles. The van der Waals surface area contributed by atoms with E-state index in [9.17, 15) is 4.79 Å². The summed E-state index contributed by atoms with van der Waals surface area (Å²) in [5.41, 5.74) is 8.37. The highest BCUT2D eigenvalue weighted by atomic mass is 16.2. The molecule has 124 valence electrons. The topological polar surface area (TPSA) is 70.9 Å². The number of nitrogens with two attached hydrogens (primary N) is 1. The Hall–Kier alpha value is -1.81. The quantitative estimate of drug-likeness (QED) is 0.810. The van der Waals surface area contributed by atoms with E-state index in [2.05, 4.69) is 16.4 Å². The molecule has 1 aromatic carbocycles. The molecular weight excluding hydrogens is 286 g/mol. The molecule has 1 aliphatic rings. The van der Waals surface area contributed by atoms with Crippen LogP contribution >= 0.6 is 0 Å². The Morgan fingerprint density at radius 3 is 2.65 bits per heavy atom. The molecule has 0 aliphatic heterocycles. The molecule has 0 radical (unpaired) electrons. The fourth-order valence-electron chi connectivity index (χ4n) is 3.54. The van der Waals surface area contributed by atoms with E-state index in [1.807, 2.05) is 24.4 Å². The van der Waals surface area contributed by atoms with E-state index in [-0.39, 0.29) is 5.91 Å². The molecule has 1 amide bonds. The average Bonchev–Trinajstić information content (AvgIpc) is 2.93. The Morgan fingerprint density at radius 2 is 1.87 bits per heavy atom. The van der Waals surface area contributed by atoms with E-state index in [4.69, 9.17) is 5.73 Å². The van der Waals surface area contributed by atoms with Crippen LogP contribution in [0, 0.1) is 0 Å². The second-order valence-electron chi connectivity index (χ2n) is 6.72. The number of hydrogen-bond donors (Lipinski definition) is 3. The molecule has 3 rings (SSSR count). The number of aromatic amines is 1. The molecule has 4 heteroatoms. The highest BCUT2D eigenvalue weighted by molar-refractivity contribution is 5.86. The van der Waals surface area contributed by atoms with Gasteiger partial charge in [-0.2, -0.15) is 0 Å². The number of nitrogens with one attached hydrogen (secondary N) is 2. The van der Waals surface area contributed by atoms with E-state index < -0.39 is 6.04 Å². The van der Waals surface area contributed by atoms with Gasteiger partial charge in [-0.05, 0) is 30.9 Å². The molecule has 4 N–H and O–H groups in total. The fraction of sp³-hybridized carbons (Fsp3) is 0.526. The summed E-state index contributed by atoms with van der Waals surface area (Å²) in [5, 5.41) is 4.33. The standard InChI is InChI=1S/C19H27N3O/c20-17(12-14-13-21-18-11-7-6-10-16(14)18)19(23)22-15-8-4-2-1-3-5-9-15/h6-7,10-11,13,15,17,21H,1-5,8-9,12,20H2,(H,22,23)/t17-/m0/s1. The van der Waals surface area contributed by atoms with Gasteiger partial charge in [0.2, 0.25) is 5.91 Å². The predicted octanol–water partition coefficient (Wildman–Crippen LogP) is 3.27. The van der Waals surface area contributed by atoms with Crippen LogP contribution in [0.4, 0.5) is 0 Å². The van der Waals surface area contributed by atoms with Crippen LogP contribution < -0.4 is 11.1 Å². The first-order chi connectivity index (χ1) is 11.2. The summed E-state index contributed by atoms with van der Waals surface area (Å²) in [7, 11) is 0. The first kappa shape index (κ1) is 16.1. The number of carbonyl (C=O) groups excluding carboxylic acids is 1. The number of fused-ring (bicyclic) bond motifs is 1. The maximum absolute atomic E-state index is 12.4. The lowest BCUT2D eigenvalue weighted by molar-refractivity contribution is -0.123. The molecule has 1 fully saturated rings. The van der Waals surface area contributed by atoms with Gasteiger partial charge in [0.1, 0.15) is 0 Å². The predicted molar refractivity (Wildman–Crippen MR) is 94.2 cm³/mol. The maximum atomic E-state index is 12.4. The van der Waals surface area contributed by atoms with Crippen molar-refractivity contribution in [2.24, 2.45) is 5.73 Å². The van der Waals surface area contributed by atoms with Crippen molar-refractivity contribution in [3.63, 3.8) is 0 Å². The lowest BCUT2D eigenvalue weighted by atomic mass is 9.96. The Morgan fingerprint density at radius 1 is 1.17 bits per heavy atom. The third-order valence-electron chi connectivity index (χ3n) is 4.90. The summed E-state index contributed by atoms with van der Waals surface area (Å²) in [5.74, 6) is -0.0131. The normalized spacial score (nSPS) is 18.3. The number of amides is 1. The minimum Gasteiger partial charge on any atom is -0.361 e. The number of carbonyl (C=O) groups is 1. The van der Waals surface area contributed by atoms with Crippen LogP contribution in [-0.4, -0.2) is 23.0 Å². The molecule has 1 saturated carbocycles. The Balaban J connectivity index is 1.58. The molecule has 1 aromatic heterocycles. The minimum absolute atomic E-state index is 0.0131. The highest BCUT2D eigenvalue weighted by Crippen LogP contribution is 2.20. The third kappa shape index (κ3) is 4.14. The molecule has 0 unspecified atom stereocenters. The van der Waals surface area contributed by atoms with Gasteiger partial charge in [-0.3, -0.25) is 4.79 Å². The van der Waals surface area contributed by atoms with Gasteiger partial charge in [-0.1, -0.05) is 50.3 Å². The first-order valence-corrected chi connectivity index (χ1v) is 8.85. The smallest absolute Gasteiger partial charge is 0.237 e. The summed E-state index contributed by atoms with van der Waals surface area (Å²) >= 11 is 0. The van der Waals surface area contributed by atoms with Crippen LogP contribution in [-0.2, 0) is 11.2 Å². The number of H-pyrrole nitrogens is 1. The van der Waals surface area contributed by atoms with Gasteiger partial charge >= 0.3 is 0 Å². The van der Waals surface area contributed by atoms with Crippen LogP contribution in [0.15, 0.2) is 30.5 Å². The number of hydrogen-bond acceptors (Lipinski definition) is 2. The SMILES string of the molecule is N[C@@H](Cc1c[nH]c2ccccc12)C(=O)NC1CCCCCCC1. The number of benzene rings is 1. The Labute approximate surface area is 137 Å². The largest absolute Gasteiger partial charge is 0.361 e. The van der Waals surface area contributed by atoms with Crippen LogP contribution in [0.25, 0.3) is 10.9 Å². The third-order valence-corrected chi connectivity index (χ3v) is 4.90. The zero-order valence-electron chi connectivity index (χ0n) is 13.7. The highest BCUT2D eigenvalue weighted by Gasteiger charge is 2.20. The summed E-state index contributed by atoms with van der Waals surface area (Å²) in [4.78, 5) is 15.7. The van der Waals surface area contributed by atoms with Crippen LogP contribution in [0.3, 0.4) is 0 Å². The Kier molecular flexibility index (Phi) is 5.34. The maximum Gasteiger partial charge on any atom is 0.237 e. The number of para-hydroxylation sites is 1. The van der Waals surface area contributed by atoms with Crippen molar-refractivity contribution in [3.8, 4) is 0 Å². The zero-order valence-corrected chi connectivity index (χ0v) is 13.7. The van der Waals surface area contributed by atoms with Crippen molar-refractivity contribution < 1.29 is 4.79 Å². The van der Waals surface area contributed by atoms with Gasteiger partial charge in [-0.15, -0.1) is 0 Å². The van der Waals surface area contributed by atoms with Crippen molar-refractivity contribution in [3.05, 3.63) is 36.0 Å². The van der Waals surface area contributed by atoms with E-state index in [0.29, 0.717) is 12.5 Å². The second-order valence-corrected chi connectivity index (χ2v) is 6.72. The van der Waals surface area contributed by atoms with Gasteiger partial charge in [0.15, 0.2) is 0 Å². The molecule has 0 bridgehead atoms. The molecule has 0 saturated heterocycles. The average molecular weight is 313 g/mol. The van der Waals surface area contributed by atoms with Crippen LogP contribution in [0.1, 0.15) is 50.5 Å². The van der Waals surface area contributed by atoms with Gasteiger partial charge in [0.25, 0.3) is 0 Å². The summed E-state index contributed by atoms with van der Waals surface area (Å²) < 4.78 is 0. The second kappa shape index (κ2) is 7.64. The van der Waals surface area contributed by atoms with Crippen molar-refractivity contribution in [2.75, 3.05) is 0 Å². The molecule has 2 aromatic rings. The van der Waals surface area contributed by atoms with E-state index in [0.717, 1.165) is 29.3 Å². The van der Waals surface area contributed by atoms with E-state index in [1.165, 1.54) is 32.1 Å². The number of rotatable bonds is 4. The van der Waals surface area contributed by atoms with Gasteiger partial charge in [0.05, 0.1) is 6.04 Å². The lowest BCUT2D eigenvalue weighted by Crippen LogP contribution is -2.46. The summed E-state index contributed by atoms with van der Waals surface area (Å²) in [6.07, 6.45) is 11.0. The van der Waals surface area contributed by atoms with Crippen LogP contribution in [0.5, 0.6) is 0 Å². The molecule has 0 spiro atoms. The molecular formula is C19H27N3O. The molecule has 4 nitrogen and oxygen atoms in total. The lowest BCUT2D eigenvalue weighted by Gasteiger charge is -2.22. The van der Waals surface area contributed by atoms with Gasteiger partial charge < -0.3 is 16.0 Å². The molecule has 1 atom stereocenters. The number of aromatic nitrogens is 1. The molecule has 1 aliphatic carbocycles. The van der Waals surface area contributed by atoms with Crippen molar-refractivity contribution in [2.45, 2.75) is 63.5 Å². The van der Waals surface area contributed by atoms with Gasteiger partial charge in [0, 0.05) is 23.1 Å².